The molecular formula is C17H22N2O3. The van der Waals surface area contributed by atoms with Crippen LogP contribution in [0.2, 0.25) is 0 Å². The van der Waals surface area contributed by atoms with Crippen molar-refractivity contribution in [3.63, 3.8) is 0 Å². The van der Waals surface area contributed by atoms with Crippen LogP contribution in [0.1, 0.15) is 36.7 Å². The molecule has 1 amide bonds. The van der Waals surface area contributed by atoms with E-state index in [1.165, 1.54) is 5.57 Å². The molecule has 0 N–H and O–H groups in total. The van der Waals surface area contributed by atoms with E-state index in [9.17, 15) is 4.79 Å². The molecule has 1 aromatic heterocycles. The molecule has 0 atom stereocenters. The molecule has 2 aliphatic rings. The Balaban J connectivity index is 1.68. The van der Waals surface area contributed by atoms with Crippen molar-refractivity contribution in [2.75, 3.05) is 26.8 Å². The number of methoxy groups -OCH3 is 1. The molecule has 0 saturated carbocycles. The Morgan fingerprint density at radius 3 is 2.86 bits per heavy atom. The van der Waals surface area contributed by atoms with Crippen molar-refractivity contribution in [1.82, 2.24) is 9.88 Å². The number of ether oxygens (including phenoxy) is 2. The number of rotatable bonds is 2. The van der Waals surface area contributed by atoms with Gasteiger partial charge in [-0.3, -0.25) is 9.78 Å². The number of hydrogen-bond donors (Lipinski definition) is 0. The van der Waals surface area contributed by atoms with Crippen LogP contribution in [-0.4, -0.2) is 48.2 Å². The summed E-state index contributed by atoms with van der Waals surface area (Å²) in [5.74, 6) is 0.617. The number of carbonyl (C=O) groups is 1. The third kappa shape index (κ3) is 2.99. The lowest BCUT2D eigenvalue weighted by molar-refractivity contribution is -0.0522. The van der Waals surface area contributed by atoms with Gasteiger partial charge in [0.25, 0.3) is 5.91 Å². The maximum absolute atomic E-state index is 12.6. The summed E-state index contributed by atoms with van der Waals surface area (Å²) in [6, 6.07) is 3.43. The van der Waals surface area contributed by atoms with Crippen LogP contribution in [0.5, 0.6) is 5.75 Å². The molecule has 1 saturated heterocycles. The Hall–Kier alpha value is -1.88. The van der Waals surface area contributed by atoms with Crippen LogP contribution < -0.4 is 4.74 Å². The standard InChI is InChI=1S/C17H22N2O3/c1-13-4-10-22-17(12-13)5-8-19(9-6-17)16(20)15-11-14(21-2)3-7-18-15/h3,7,11-12H,4-6,8-10H2,1-2H3. The van der Waals surface area contributed by atoms with Crippen LogP contribution in [-0.2, 0) is 4.74 Å². The van der Waals surface area contributed by atoms with Crippen molar-refractivity contribution in [2.45, 2.75) is 31.8 Å². The van der Waals surface area contributed by atoms with Gasteiger partial charge in [-0.15, -0.1) is 0 Å². The van der Waals surface area contributed by atoms with Gasteiger partial charge in [0, 0.05) is 25.4 Å². The van der Waals surface area contributed by atoms with Gasteiger partial charge in [0.2, 0.25) is 0 Å². The minimum atomic E-state index is -0.166. The average Bonchev–Trinajstić information content (AvgIpc) is 2.55. The monoisotopic (exact) mass is 302 g/mol. The first-order valence-corrected chi connectivity index (χ1v) is 7.73. The molecular weight excluding hydrogens is 280 g/mol. The lowest BCUT2D eigenvalue weighted by atomic mass is 9.87. The second-order valence-corrected chi connectivity index (χ2v) is 6.03. The lowest BCUT2D eigenvalue weighted by Gasteiger charge is -2.42. The van der Waals surface area contributed by atoms with E-state index in [0.717, 1.165) is 25.9 Å². The van der Waals surface area contributed by atoms with Crippen LogP contribution in [0.3, 0.4) is 0 Å². The maximum Gasteiger partial charge on any atom is 0.272 e. The lowest BCUT2D eigenvalue weighted by Crippen LogP contribution is -2.48. The van der Waals surface area contributed by atoms with Crippen LogP contribution in [0.15, 0.2) is 30.0 Å². The maximum atomic E-state index is 12.6. The van der Waals surface area contributed by atoms with Gasteiger partial charge in [0.15, 0.2) is 0 Å². The summed E-state index contributed by atoms with van der Waals surface area (Å²) in [6.07, 6.45) is 6.56. The van der Waals surface area contributed by atoms with Gasteiger partial charge in [-0.25, -0.2) is 0 Å². The molecule has 1 spiro atoms. The van der Waals surface area contributed by atoms with E-state index >= 15 is 0 Å². The van der Waals surface area contributed by atoms with Crippen molar-refractivity contribution in [2.24, 2.45) is 0 Å². The molecule has 3 rings (SSSR count). The molecule has 0 radical (unpaired) electrons. The van der Waals surface area contributed by atoms with E-state index in [1.54, 1.807) is 25.4 Å². The molecule has 3 heterocycles. The highest BCUT2D eigenvalue weighted by atomic mass is 16.5. The van der Waals surface area contributed by atoms with E-state index in [0.29, 0.717) is 24.5 Å². The molecule has 5 nitrogen and oxygen atoms in total. The fourth-order valence-electron chi connectivity index (χ4n) is 3.17. The fourth-order valence-corrected chi connectivity index (χ4v) is 3.17. The Bertz CT molecular complexity index is 589. The number of carbonyl (C=O) groups excluding carboxylic acids is 1. The Morgan fingerprint density at radius 2 is 2.18 bits per heavy atom. The molecule has 22 heavy (non-hydrogen) atoms. The number of piperidine rings is 1. The molecule has 2 aliphatic heterocycles. The zero-order valence-electron chi connectivity index (χ0n) is 13.2. The van der Waals surface area contributed by atoms with Gasteiger partial charge in [-0.05, 0) is 32.3 Å². The largest absolute Gasteiger partial charge is 0.497 e. The Kier molecular flexibility index (Phi) is 4.16. The highest BCUT2D eigenvalue weighted by Gasteiger charge is 2.37. The minimum Gasteiger partial charge on any atom is -0.497 e. The second-order valence-electron chi connectivity index (χ2n) is 6.03. The first kappa shape index (κ1) is 15.0. The van der Waals surface area contributed by atoms with Crippen molar-refractivity contribution >= 4 is 5.91 Å². The van der Waals surface area contributed by atoms with Gasteiger partial charge in [0.05, 0.1) is 19.3 Å². The normalized spacial score (nSPS) is 20.6. The topological polar surface area (TPSA) is 51.7 Å². The summed E-state index contributed by atoms with van der Waals surface area (Å²) in [5.41, 5.74) is 1.66. The van der Waals surface area contributed by atoms with Crippen LogP contribution in [0, 0.1) is 0 Å². The summed E-state index contributed by atoms with van der Waals surface area (Å²) in [6.45, 7) is 4.33. The summed E-state index contributed by atoms with van der Waals surface area (Å²) in [4.78, 5) is 18.6. The van der Waals surface area contributed by atoms with Crippen molar-refractivity contribution < 1.29 is 14.3 Å². The van der Waals surface area contributed by atoms with E-state index in [2.05, 4.69) is 18.0 Å². The predicted octanol–water partition coefficient (Wildman–Crippen LogP) is 2.43. The summed E-state index contributed by atoms with van der Waals surface area (Å²) in [7, 11) is 1.59. The summed E-state index contributed by atoms with van der Waals surface area (Å²) in [5, 5.41) is 0. The molecule has 118 valence electrons. The molecule has 1 aromatic rings. The highest BCUT2D eigenvalue weighted by Crippen LogP contribution is 2.33. The zero-order valence-corrected chi connectivity index (χ0v) is 13.2. The minimum absolute atomic E-state index is 0.0368. The number of likely N-dealkylation sites (tertiary alicyclic amines) is 1. The molecule has 0 bridgehead atoms. The SMILES string of the molecule is COc1ccnc(C(=O)N2CCC3(C=C(C)CCO3)CC2)c1. The van der Waals surface area contributed by atoms with E-state index < -0.39 is 0 Å². The Morgan fingerprint density at radius 1 is 1.41 bits per heavy atom. The first-order valence-electron chi connectivity index (χ1n) is 7.73. The third-order valence-electron chi connectivity index (χ3n) is 4.48. The molecule has 0 aromatic carbocycles. The van der Waals surface area contributed by atoms with Gasteiger partial charge in [-0.2, -0.15) is 0 Å². The van der Waals surface area contributed by atoms with Gasteiger partial charge < -0.3 is 14.4 Å². The summed E-state index contributed by atoms with van der Waals surface area (Å²) < 4.78 is 11.2. The Labute approximate surface area is 130 Å². The molecule has 1 fully saturated rings. The average molecular weight is 302 g/mol. The number of hydrogen-bond acceptors (Lipinski definition) is 4. The quantitative estimate of drug-likeness (QED) is 0.787. The molecule has 0 unspecified atom stereocenters. The number of nitrogens with zero attached hydrogens (tertiary/aromatic N) is 2. The van der Waals surface area contributed by atoms with Gasteiger partial charge >= 0.3 is 0 Å². The van der Waals surface area contributed by atoms with E-state index in [-0.39, 0.29) is 11.5 Å². The van der Waals surface area contributed by atoms with Crippen molar-refractivity contribution in [3.8, 4) is 5.75 Å². The van der Waals surface area contributed by atoms with Gasteiger partial charge in [-0.1, -0.05) is 11.6 Å². The highest BCUT2D eigenvalue weighted by molar-refractivity contribution is 5.92. The van der Waals surface area contributed by atoms with Crippen molar-refractivity contribution in [1.29, 1.82) is 0 Å². The third-order valence-corrected chi connectivity index (χ3v) is 4.48. The van der Waals surface area contributed by atoms with E-state index in [4.69, 9.17) is 9.47 Å². The van der Waals surface area contributed by atoms with E-state index in [1.807, 2.05) is 4.90 Å². The first-order chi connectivity index (χ1) is 10.6. The number of amides is 1. The van der Waals surface area contributed by atoms with Crippen LogP contribution in [0.4, 0.5) is 0 Å². The zero-order chi connectivity index (χ0) is 15.6. The number of pyridine rings is 1. The van der Waals surface area contributed by atoms with Gasteiger partial charge in [0.1, 0.15) is 11.4 Å². The fraction of sp³-hybridized carbons (Fsp3) is 0.529. The summed E-state index contributed by atoms with van der Waals surface area (Å²) >= 11 is 0. The number of aromatic nitrogens is 1. The second kappa shape index (κ2) is 6.08. The van der Waals surface area contributed by atoms with Crippen LogP contribution in [0.25, 0.3) is 0 Å². The smallest absolute Gasteiger partial charge is 0.272 e. The molecule has 5 heteroatoms. The van der Waals surface area contributed by atoms with Crippen molar-refractivity contribution in [3.05, 3.63) is 35.7 Å². The predicted molar refractivity (Wildman–Crippen MR) is 83.0 cm³/mol. The van der Waals surface area contributed by atoms with Crippen LogP contribution >= 0.6 is 0 Å². The molecule has 0 aliphatic carbocycles.